The van der Waals surface area contributed by atoms with Crippen molar-refractivity contribution in [2.45, 2.75) is 19.9 Å². The lowest BCUT2D eigenvalue weighted by molar-refractivity contribution is 0.628. The van der Waals surface area contributed by atoms with E-state index in [1.807, 2.05) is 6.92 Å². The van der Waals surface area contributed by atoms with Crippen LogP contribution in [-0.2, 0) is 13.0 Å². The van der Waals surface area contributed by atoms with Gasteiger partial charge < -0.3 is 10.3 Å². The predicted molar refractivity (Wildman–Crippen MR) is 70.2 cm³/mol. The van der Waals surface area contributed by atoms with Crippen molar-refractivity contribution in [3.63, 3.8) is 0 Å². The molecule has 4 heteroatoms. The van der Waals surface area contributed by atoms with Crippen LogP contribution in [0, 0.1) is 18.2 Å². The molecule has 0 bridgehead atoms. The average molecular weight is 243 g/mol. The van der Waals surface area contributed by atoms with Gasteiger partial charge in [-0.1, -0.05) is 12.8 Å². The molecule has 0 saturated heterocycles. The van der Waals surface area contributed by atoms with Crippen molar-refractivity contribution < 1.29 is 4.39 Å². The topological polar surface area (TPSA) is 43.8 Å². The molecule has 0 aliphatic heterocycles. The quantitative estimate of drug-likeness (QED) is 0.841. The number of imidazole rings is 1. The Morgan fingerprint density at radius 2 is 2.06 bits per heavy atom. The first-order valence-corrected chi connectivity index (χ1v) is 5.71. The van der Waals surface area contributed by atoms with Gasteiger partial charge in [-0.05, 0) is 24.3 Å². The van der Waals surface area contributed by atoms with Crippen molar-refractivity contribution in [1.29, 1.82) is 0 Å². The van der Waals surface area contributed by atoms with Crippen LogP contribution in [0.2, 0.25) is 0 Å². The van der Waals surface area contributed by atoms with Gasteiger partial charge in [0.15, 0.2) is 0 Å². The maximum atomic E-state index is 12.9. The van der Waals surface area contributed by atoms with Crippen molar-refractivity contribution in [1.82, 2.24) is 9.55 Å². The molecule has 92 valence electrons. The standard InChI is InChI=1S/C14H14FN3/c1-3-9-18-12(4-2)17-13(14(18)16)10-5-7-11(15)8-6-10/h1,5-8H,4,9,16H2,2H3. The van der Waals surface area contributed by atoms with E-state index in [9.17, 15) is 4.39 Å². The fourth-order valence-electron chi connectivity index (χ4n) is 1.87. The summed E-state index contributed by atoms with van der Waals surface area (Å²) in [4.78, 5) is 4.47. The Bertz CT molecular complexity index is 591. The first-order chi connectivity index (χ1) is 8.67. The molecule has 0 spiro atoms. The van der Waals surface area contributed by atoms with E-state index >= 15 is 0 Å². The van der Waals surface area contributed by atoms with Gasteiger partial charge in [-0.15, -0.1) is 6.42 Å². The van der Waals surface area contributed by atoms with Gasteiger partial charge in [0.2, 0.25) is 0 Å². The highest BCUT2D eigenvalue weighted by Crippen LogP contribution is 2.26. The van der Waals surface area contributed by atoms with Gasteiger partial charge in [-0.25, -0.2) is 9.37 Å². The molecule has 0 radical (unpaired) electrons. The first kappa shape index (κ1) is 12.2. The SMILES string of the molecule is C#CCn1c(CC)nc(-c2ccc(F)cc2)c1N. The highest BCUT2D eigenvalue weighted by Gasteiger charge is 2.14. The Kier molecular flexibility index (Phi) is 3.33. The number of nitrogens with zero attached hydrogens (tertiary/aromatic N) is 2. The summed E-state index contributed by atoms with van der Waals surface area (Å²) in [6, 6.07) is 6.10. The third-order valence-electron chi connectivity index (χ3n) is 2.77. The molecule has 0 saturated carbocycles. The number of anilines is 1. The summed E-state index contributed by atoms with van der Waals surface area (Å²) < 4.78 is 14.7. The fourth-order valence-corrected chi connectivity index (χ4v) is 1.87. The highest BCUT2D eigenvalue weighted by atomic mass is 19.1. The van der Waals surface area contributed by atoms with Crippen molar-refractivity contribution in [2.24, 2.45) is 0 Å². The molecular weight excluding hydrogens is 229 g/mol. The number of halogens is 1. The van der Waals surface area contributed by atoms with E-state index in [0.29, 0.717) is 18.1 Å². The lowest BCUT2D eigenvalue weighted by Crippen LogP contribution is -2.05. The minimum atomic E-state index is -0.281. The Labute approximate surface area is 105 Å². The predicted octanol–water partition coefficient (Wildman–Crippen LogP) is 2.47. The van der Waals surface area contributed by atoms with Crippen molar-refractivity contribution in [3.05, 3.63) is 35.9 Å². The molecule has 1 aromatic carbocycles. The lowest BCUT2D eigenvalue weighted by Gasteiger charge is -2.04. The number of nitrogens with two attached hydrogens (primary N) is 1. The molecule has 0 aliphatic carbocycles. The summed E-state index contributed by atoms with van der Waals surface area (Å²) in [5.74, 6) is 3.64. The fraction of sp³-hybridized carbons (Fsp3) is 0.214. The van der Waals surface area contributed by atoms with Gasteiger partial charge >= 0.3 is 0 Å². The number of rotatable bonds is 3. The van der Waals surface area contributed by atoms with Crippen LogP contribution in [0.25, 0.3) is 11.3 Å². The second-order valence-electron chi connectivity index (χ2n) is 3.91. The number of aromatic nitrogens is 2. The summed E-state index contributed by atoms with van der Waals surface area (Å²) in [6.45, 7) is 2.38. The largest absolute Gasteiger partial charge is 0.383 e. The van der Waals surface area contributed by atoms with Gasteiger partial charge in [0, 0.05) is 12.0 Å². The second-order valence-corrected chi connectivity index (χ2v) is 3.91. The smallest absolute Gasteiger partial charge is 0.132 e. The number of hydrogen-bond donors (Lipinski definition) is 1. The number of hydrogen-bond acceptors (Lipinski definition) is 2. The molecule has 18 heavy (non-hydrogen) atoms. The summed E-state index contributed by atoms with van der Waals surface area (Å²) in [5.41, 5.74) is 7.49. The van der Waals surface area contributed by atoms with E-state index in [4.69, 9.17) is 12.2 Å². The Morgan fingerprint density at radius 1 is 1.39 bits per heavy atom. The monoisotopic (exact) mass is 243 g/mol. The minimum absolute atomic E-state index is 0.281. The van der Waals surface area contributed by atoms with Crippen molar-refractivity contribution >= 4 is 5.82 Å². The molecule has 2 aromatic rings. The van der Waals surface area contributed by atoms with Crippen molar-refractivity contribution in [2.75, 3.05) is 5.73 Å². The zero-order valence-corrected chi connectivity index (χ0v) is 10.2. The van der Waals surface area contributed by atoms with Crippen LogP contribution in [0.15, 0.2) is 24.3 Å². The molecule has 0 amide bonds. The highest BCUT2D eigenvalue weighted by molar-refractivity contribution is 5.71. The summed E-state index contributed by atoms with van der Waals surface area (Å²) in [7, 11) is 0. The van der Waals surface area contributed by atoms with Gasteiger partial charge in [-0.2, -0.15) is 0 Å². The number of aryl methyl sites for hydroxylation is 1. The maximum absolute atomic E-state index is 12.9. The van der Waals surface area contributed by atoms with E-state index in [-0.39, 0.29) is 5.82 Å². The van der Waals surface area contributed by atoms with Crippen LogP contribution in [-0.4, -0.2) is 9.55 Å². The number of terminal acetylenes is 1. The zero-order valence-electron chi connectivity index (χ0n) is 10.2. The molecule has 0 unspecified atom stereocenters. The van der Waals surface area contributed by atoms with E-state index in [1.54, 1.807) is 16.7 Å². The third-order valence-corrected chi connectivity index (χ3v) is 2.77. The van der Waals surface area contributed by atoms with E-state index in [1.165, 1.54) is 12.1 Å². The third kappa shape index (κ3) is 2.07. The van der Waals surface area contributed by atoms with Crippen LogP contribution in [0.3, 0.4) is 0 Å². The van der Waals surface area contributed by atoms with E-state index in [0.717, 1.165) is 17.8 Å². The van der Waals surface area contributed by atoms with Crippen LogP contribution in [0.1, 0.15) is 12.7 Å². The number of benzene rings is 1. The molecule has 0 atom stereocenters. The summed E-state index contributed by atoms with van der Waals surface area (Å²) in [5, 5.41) is 0. The van der Waals surface area contributed by atoms with Gasteiger partial charge in [-0.3, -0.25) is 0 Å². The Balaban J connectivity index is 2.52. The maximum Gasteiger partial charge on any atom is 0.132 e. The Hall–Kier alpha value is -2.28. The molecule has 0 aliphatic rings. The zero-order chi connectivity index (χ0) is 13.1. The molecular formula is C14H14FN3. The van der Waals surface area contributed by atoms with Crippen molar-refractivity contribution in [3.8, 4) is 23.6 Å². The van der Waals surface area contributed by atoms with E-state index < -0.39 is 0 Å². The number of nitrogen functional groups attached to an aromatic ring is 1. The Morgan fingerprint density at radius 3 is 2.61 bits per heavy atom. The lowest BCUT2D eigenvalue weighted by atomic mass is 10.1. The van der Waals surface area contributed by atoms with Crippen LogP contribution in [0.4, 0.5) is 10.2 Å². The molecule has 3 nitrogen and oxygen atoms in total. The van der Waals surface area contributed by atoms with Crippen LogP contribution < -0.4 is 5.73 Å². The van der Waals surface area contributed by atoms with Crippen LogP contribution in [0.5, 0.6) is 0 Å². The summed E-state index contributed by atoms with van der Waals surface area (Å²) in [6.07, 6.45) is 6.06. The second kappa shape index (κ2) is 4.92. The summed E-state index contributed by atoms with van der Waals surface area (Å²) >= 11 is 0. The van der Waals surface area contributed by atoms with Crippen LogP contribution >= 0.6 is 0 Å². The van der Waals surface area contributed by atoms with E-state index in [2.05, 4.69) is 10.9 Å². The molecule has 0 fully saturated rings. The molecule has 1 aromatic heterocycles. The normalized spacial score (nSPS) is 10.3. The molecule has 1 heterocycles. The molecule has 2 N–H and O–H groups in total. The van der Waals surface area contributed by atoms with Gasteiger partial charge in [0.05, 0.1) is 6.54 Å². The molecule has 2 rings (SSSR count). The van der Waals surface area contributed by atoms with Gasteiger partial charge in [0.1, 0.15) is 23.2 Å². The average Bonchev–Trinajstić information content (AvgIpc) is 2.69. The minimum Gasteiger partial charge on any atom is -0.383 e. The first-order valence-electron chi connectivity index (χ1n) is 5.71. The van der Waals surface area contributed by atoms with Gasteiger partial charge in [0.25, 0.3) is 0 Å².